The standard InChI is InChI=1S/C11H21N3O/c1-9(2)14-8-13-6-11(14)7-15-10(3)5-12-4/h6,8-10,12H,5,7H2,1-4H3. The van der Waals surface area contributed by atoms with Crippen molar-refractivity contribution >= 4 is 0 Å². The molecule has 4 heteroatoms. The fraction of sp³-hybridized carbons (Fsp3) is 0.727. The third kappa shape index (κ3) is 3.64. The van der Waals surface area contributed by atoms with Gasteiger partial charge in [0, 0.05) is 12.6 Å². The Bertz CT molecular complexity index is 283. The number of hydrogen-bond donors (Lipinski definition) is 1. The summed E-state index contributed by atoms with van der Waals surface area (Å²) in [4.78, 5) is 4.13. The van der Waals surface area contributed by atoms with Crippen LogP contribution < -0.4 is 5.32 Å². The molecule has 0 aliphatic rings. The van der Waals surface area contributed by atoms with Crippen molar-refractivity contribution in [2.75, 3.05) is 13.6 Å². The van der Waals surface area contributed by atoms with Crippen LogP contribution in [-0.2, 0) is 11.3 Å². The lowest BCUT2D eigenvalue weighted by Crippen LogP contribution is -2.23. The quantitative estimate of drug-likeness (QED) is 0.776. The number of imidazole rings is 1. The van der Waals surface area contributed by atoms with Crippen LogP contribution in [0.4, 0.5) is 0 Å². The van der Waals surface area contributed by atoms with Crippen LogP contribution in [0.15, 0.2) is 12.5 Å². The summed E-state index contributed by atoms with van der Waals surface area (Å²) in [7, 11) is 1.93. The lowest BCUT2D eigenvalue weighted by molar-refractivity contribution is 0.0503. The monoisotopic (exact) mass is 211 g/mol. The Balaban J connectivity index is 2.46. The first kappa shape index (κ1) is 12.2. The van der Waals surface area contributed by atoms with Gasteiger partial charge in [0.2, 0.25) is 0 Å². The molecule has 1 unspecified atom stereocenters. The van der Waals surface area contributed by atoms with Crippen molar-refractivity contribution in [1.82, 2.24) is 14.9 Å². The van der Waals surface area contributed by atoms with Crippen LogP contribution in [0.3, 0.4) is 0 Å². The van der Waals surface area contributed by atoms with Crippen molar-refractivity contribution < 1.29 is 4.74 Å². The van der Waals surface area contributed by atoms with E-state index in [9.17, 15) is 0 Å². The lowest BCUT2D eigenvalue weighted by atomic mass is 10.3. The highest BCUT2D eigenvalue weighted by Gasteiger charge is 2.07. The second-order valence-corrected chi connectivity index (χ2v) is 4.07. The van der Waals surface area contributed by atoms with Gasteiger partial charge in [-0.3, -0.25) is 0 Å². The fourth-order valence-electron chi connectivity index (χ4n) is 1.48. The van der Waals surface area contributed by atoms with Crippen LogP contribution in [0.1, 0.15) is 32.5 Å². The van der Waals surface area contributed by atoms with E-state index in [4.69, 9.17) is 4.74 Å². The fourth-order valence-corrected chi connectivity index (χ4v) is 1.48. The molecular weight excluding hydrogens is 190 g/mol. The van der Waals surface area contributed by atoms with Gasteiger partial charge in [0.15, 0.2) is 0 Å². The first-order valence-electron chi connectivity index (χ1n) is 5.42. The Morgan fingerprint density at radius 3 is 2.80 bits per heavy atom. The molecule has 4 nitrogen and oxygen atoms in total. The van der Waals surface area contributed by atoms with E-state index in [-0.39, 0.29) is 6.10 Å². The van der Waals surface area contributed by atoms with E-state index in [1.807, 2.05) is 19.6 Å². The Morgan fingerprint density at radius 2 is 2.20 bits per heavy atom. The zero-order valence-corrected chi connectivity index (χ0v) is 10.0. The Hall–Kier alpha value is -0.870. The first-order valence-corrected chi connectivity index (χ1v) is 5.42. The molecule has 15 heavy (non-hydrogen) atoms. The van der Waals surface area contributed by atoms with Crippen LogP contribution in [0.25, 0.3) is 0 Å². The van der Waals surface area contributed by atoms with Crippen molar-refractivity contribution in [1.29, 1.82) is 0 Å². The minimum Gasteiger partial charge on any atom is -0.371 e. The average molecular weight is 211 g/mol. The minimum atomic E-state index is 0.227. The summed E-state index contributed by atoms with van der Waals surface area (Å²) in [6, 6.07) is 0.436. The second kappa shape index (κ2) is 5.88. The van der Waals surface area contributed by atoms with Crippen molar-refractivity contribution in [2.45, 2.75) is 39.5 Å². The molecule has 0 aliphatic carbocycles. The molecule has 1 atom stereocenters. The van der Waals surface area contributed by atoms with Gasteiger partial charge in [-0.05, 0) is 27.8 Å². The Labute approximate surface area is 91.7 Å². The maximum Gasteiger partial charge on any atom is 0.0951 e. The highest BCUT2D eigenvalue weighted by molar-refractivity contribution is 4.98. The summed E-state index contributed by atoms with van der Waals surface area (Å²) >= 11 is 0. The molecule has 86 valence electrons. The van der Waals surface area contributed by atoms with E-state index in [1.54, 1.807) is 0 Å². The largest absolute Gasteiger partial charge is 0.371 e. The summed E-state index contributed by atoms with van der Waals surface area (Å²) in [5.74, 6) is 0. The van der Waals surface area contributed by atoms with E-state index >= 15 is 0 Å². The molecule has 0 fully saturated rings. The molecule has 0 aromatic carbocycles. The predicted octanol–water partition coefficient (Wildman–Crippen LogP) is 1.59. The van der Waals surface area contributed by atoms with Crippen LogP contribution in [-0.4, -0.2) is 29.2 Å². The molecule has 1 rings (SSSR count). The van der Waals surface area contributed by atoms with Crippen LogP contribution >= 0.6 is 0 Å². The van der Waals surface area contributed by atoms with Crippen LogP contribution in [0, 0.1) is 0 Å². The van der Waals surface area contributed by atoms with Gasteiger partial charge in [0.1, 0.15) is 0 Å². The van der Waals surface area contributed by atoms with E-state index < -0.39 is 0 Å². The van der Waals surface area contributed by atoms with Crippen molar-refractivity contribution in [3.8, 4) is 0 Å². The molecule has 0 amide bonds. The predicted molar refractivity (Wildman–Crippen MR) is 60.8 cm³/mol. The molecule has 0 saturated carbocycles. The normalized spacial score (nSPS) is 13.4. The Morgan fingerprint density at radius 1 is 1.47 bits per heavy atom. The summed E-state index contributed by atoms with van der Waals surface area (Å²) in [5, 5.41) is 3.09. The van der Waals surface area contributed by atoms with E-state index in [1.165, 1.54) is 0 Å². The molecule has 1 N–H and O–H groups in total. The van der Waals surface area contributed by atoms with Gasteiger partial charge in [-0.2, -0.15) is 0 Å². The average Bonchev–Trinajstić information content (AvgIpc) is 2.63. The number of hydrogen-bond acceptors (Lipinski definition) is 3. The van der Waals surface area contributed by atoms with Crippen LogP contribution in [0.5, 0.6) is 0 Å². The molecule has 0 radical (unpaired) electrons. The van der Waals surface area contributed by atoms with Gasteiger partial charge < -0.3 is 14.6 Å². The Kier molecular flexibility index (Phi) is 4.78. The van der Waals surface area contributed by atoms with Crippen molar-refractivity contribution in [3.63, 3.8) is 0 Å². The number of aromatic nitrogens is 2. The number of ether oxygens (including phenoxy) is 1. The third-order valence-electron chi connectivity index (χ3n) is 2.31. The maximum atomic E-state index is 5.69. The summed E-state index contributed by atoms with van der Waals surface area (Å²) in [6.45, 7) is 7.84. The van der Waals surface area contributed by atoms with Crippen molar-refractivity contribution in [2.24, 2.45) is 0 Å². The number of rotatable bonds is 6. The van der Waals surface area contributed by atoms with Crippen molar-refractivity contribution in [3.05, 3.63) is 18.2 Å². The molecule has 0 saturated heterocycles. The summed E-state index contributed by atoms with van der Waals surface area (Å²) < 4.78 is 7.83. The smallest absolute Gasteiger partial charge is 0.0951 e. The molecule has 1 heterocycles. The maximum absolute atomic E-state index is 5.69. The lowest BCUT2D eigenvalue weighted by Gasteiger charge is -2.15. The van der Waals surface area contributed by atoms with Gasteiger partial charge in [-0.25, -0.2) is 4.98 Å². The van der Waals surface area contributed by atoms with Gasteiger partial charge in [0.25, 0.3) is 0 Å². The van der Waals surface area contributed by atoms with Gasteiger partial charge >= 0.3 is 0 Å². The zero-order chi connectivity index (χ0) is 11.3. The number of nitrogens with one attached hydrogen (secondary N) is 1. The summed E-state index contributed by atoms with van der Waals surface area (Å²) in [6.07, 6.45) is 3.95. The molecule has 0 bridgehead atoms. The topological polar surface area (TPSA) is 39.1 Å². The second-order valence-electron chi connectivity index (χ2n) is 4.07. The molecule has 0 aliphatic heterocycles. The van der Waals surface area contributed by atoms with E-state index in [2.05, 4.69) is 35.6 Å². The number of nitrogens with zero attached hydrogens (tertiary/aromatic N) is 2. The van der Waals surface area contributed by atoms with Gasteiger partial charge in [-0.1, -0.05) is 0 Å². The number of likely N-dealkylation sites (N-methyl/N-ethyl adjacent to an activating group) is 1. The third-order valence-corrected chi connectivity index (χ3v) is 2.31. The SMILES string of the molecule is CNCC(C)OCc1cncn1C(C)C. The molecule has 1 aromatic heterocycles. The minimum absolute atomic E-state index is 0.227. The van der Waals surface area contributed by atoms with Crippen LogP contribution in [0.2, 0.25) is 0 Å². The van der Waals surface area contributed by atoms with E-state index in [0.717, 1.165) is 12.2 Å². The molecular formula is C11H21N3O. The molecule has 1 aromatic rings. The van der Waals surface area contributed by atoms with Gasteiger partial charge in [-0.15, -0.1) is 0 Å². The first-order chi connectivity index (χ1) is 7.15. The molecule has 0 spiro atoms. The summed E-state index contributed by atoms with van der Waals surface area (Å²) in [5.41, 5.74) is 1.13. The van der Waals surface area contributed by atoms with Gasteiger partial charge in [0.05, 0.1) is 30.9 Å². The van der Waals surface area contributed by atoms with E-state index in [0.29, 0.717) is 12.6 Å². The highest BCUT2D eigenvalue weighted by atomic mass is 16.5. The zero-order valence-electron chi connectivity index (χ0n) is 10.0. The highest BCUT2D eigenvalue weighted by Crippen LogP contribution is 2.10.